The van der Waals surface area contributed by atoms with Crippen LogP contribution in [0.2, 0.25) is 0 Å². The van der Waals surface area contributed by atoms with Crippen molar-refractivity contribution >= 4 is 59.7 Å². The Bertz CT molecular complexity index is 1970. The Hall–Kier alpha value is -3.91. The third kappa shape index (κ3) is 5.85. The number of aryl methyl sites for hydroxylation is 2. The zero-order valence-corrected chi connectivity index (χ0v) is 25.7. The minimum atomic E-state index is -5.65. The van der Waals surface area contributed by atoms with Crippen LogP contribution in [0.5, 0.6) is 0 Å². The van der Waals surface area contributed by atoms with Gasteiger partial charge in [0, 0.05) is 23.9 Å². The molecule has 0 spiro atoms. The van der Waals surface area contributed by atoms with E-state index in [4.69, 9.17) is 9.40 Å². The molecule has 2 N–H and O–H groups in total. The van der Waals surface area contributed by atoms with Gasteiger partial charge in [0.05, 0.1) is 16.7 Å². The Morgan fingerprint density at radius 2 is 1.84 bits per heavy atom. The number of nitrogens with one attached hydrogen (secondary N) is 2. The Labute approximate surface area is 253 Å². The lowest BCUT2D eigenvalue weighted by atomic mass is 10.1. The second-order valence-corrected chi connectivity index (χ2v) is 12.4. The average molecular weight is 679 g/mol. The number of halogens is 4. The van der Waals surface area contributed by atoms with Gasteiger partial charge in [-0.3, -0.25) is 9.52 Å². The summed E-state index contributed by atoms with van der Waals surface area (Å²) in [6, 6.07) is 12.9. The van der Waals surface area contributed by atoms with Crippen molar-refractivity contribution in [1.82, 2.24) is 19.9 Å². The molecule has 0 aliphatic carbocycles. The molecule has 3 heterocycles. The Morgan fingerprint density at radius 1 is 1.09 bits per heavy atom. The molecule has 0 aliphatic rings. The van der Waals surface area contributed by atoms with Crippen LogP contribution in [-0.4, -0.2) is 40.9 Å². The van der Waals surface area contributed by atoms with Gasteiger partial charge in [0.1, 0.15) is 22.6 Å². The van der Waals surface area contributed by atoms with E-state index in [2.05, 4.69) is 26.2 Å². The molecule has 0 fully saturated rings. The zero-order chi connectivity index (χ0) is 31.1. The van der Waals surface area contributed by atoms with Crippen LogP contribution >= 0.6 is 15.9 Å². The van der Waals surface area contributed by atoms with E-state index < -0.39 is 15.5 Å². The predicted molar refractivity (Wildman–Crippen MR) is 161 cm³/mol. The lowest BCUT2D eigenvalue weighted by Crippen LogP contribution is -2.30. The molecule has 0 saturated carbocycles. The minimum Gasteiger partial charge on any atom is -0.455 e. The van der Waals surface area contributed by atoms with Crippen LogP contribution in [0.25, 0.3) is 33.5 Å². The largest absolute Gasteiger partial charge is 0.516 e. The molecule has 0 radical (unpaired) electrons. The second kappa shape index (κ2) is 11.6. The van der Waals surface area contributed by atoms with Gasteiger partial charge in [-0.15, -0.1) is 0 Å². The first-order chi connectivity index (χ1) is 20.3. The van der Waals surface area contributed by atoms with Crippen molar-refractivity contribution in [2.24, 2.45) is 0 Å². The summed E-state index contributed by atoms with van der Waals surface area (Å²) >= 11 is 3.51. The van der Waals surface area contributed by atoms with Gasteiger partial charge in [0.25, 0.3) is 5.91 Å². The number of imidazole rings is 1. The van der Waals surface area contributed by atoms with E-state index in [-0.39, 0.29) is 22.9 Å². The third-order valence-electron chi connectivity index (χ3n) is 6.77. The zero-order valence-electron chi connectivity index (χ0n) is 23.3. The molecule has 9 nitrogen and oxygen atoms in total. The minimum absolute atomic E-state index is 0.128. The number of nitrogens with zero attached hydrogens (tertiary/aromatic N) is 3. The van der Waals surface area contributed by atoms with Gasteiger partial charge >= 0.3 is 15.5 Å². The molecule has 0 unspecified atom stereocenters. The molecule has 226 valence electrons. The topological polar surface area (TPSA) is 119 Å². The van der Waals surface area contributed by atoms with E-state index in [1.54, 1.807) is 22.9 Å². The molecule has 0 bridgehead atoms. The number of hydrogen-bond donors (Lipinski definition) is 2. The number of pyridine rings is 1. The fourth-order valence-electron chi connectivity index (χ4n) is 4.78. The Balaban J connectivity index is 1.57. The predicted octanol–water partition coefficient (Wildman–Crippen LogP) is 6.93. The van der Waals surface area contributed by atoms with E-state index in [0.29, 0.717) is 51.8 Å². The number of carbonyl (C=O) groups excluding carboxylic acids is 1. The van der Waals surface area contributed by atoms with E-state index in [9.17, 15) is 26.4 Å². The van der Waals surface area contributed by atoms with Crippen LogP contribution in [0.15, 0.2) is 57.4 Å². The maximum Gasteiger partial charge on any atom is 0.516 e. The van der Waals surface area contributed by atoms with Crippen LogP contribution in [-0.2, 0) is 23.0 Å². The number of furan rings is 1. The molecule has 0 aliphatic heterocycles. The quantitative estimate of drug-likeness (QED) is 0.175. The van der Waals surface area contributed by atoms with E-state index in [0.717, 1.165) is 23.4 Å². The van der Waals surface area contributed by atoms with Gasteiger partial charge < -0.3 is 14.3 Å². The number of anilines is 1. The standard InChI is InChI=1S/C29H27BrF3N5O4S/c1-4-8-23-36-25-16(3)13-21(28(39)34-5-2)35-27(25)38(23)15-17-11-12-22-19(14-17)24(30)26(42-22)18-9-6-7-10-20(18)37-43(40,41)29(31,32)33/h6-7,9-14,37H,4-5,8,15H2,1-3H3,(H,34,39). The van der Waals surface area contributed by atoms with Crippen molar-refractivity contribution in [3.8, 4) is 11.3 Å². The van der Waals surface area contributed by atoms with Crippen LogP contribution < -0.4 is 10.0 Å². The summed E-state index contributed by atoms with van der Waals surface area (Å²) in [7, 11) is -5.65. The van der Waals surface area contributed by atoms with Gasteiger partial charge in [-0.2, -0.15) is 21.6 Å². The molecule has 5 aromatic rings. The number of para-hydroxylation sites is 1. The highest BCUT2D eigenvalue weighted by Gasteiger charge is 2.46. The first kappa shape index (κ1) is 30.5. The van der Waals surface area contributed by atoms with Crippen LogP contribution in [0.1, 0.15) is 47.7 Å². The Morgan fingerprint density at radius 3 is 2.53 bits per heavy atom. The molecule has 14 heteroatoms. The van der Waals surface area contributed by atoms with Crippen LogP contribution in [0, 0.1) is 6.92 Å². The fraction of sp³-hybridized carbons (Fsp3) is 0.276. The molecule has 0 atom stereocenters. The van der Waals surface area contributed by atoms with Crippen LogP contribution in [0.3, 0.4) is 0 Å². The number of rotatable bonds is 9. The monoisotopic (exact) mass is 677 g/mol. The fourth-order valence-corrected chi connectivity index (χ4v) is 5.96. The number of alkyl halides is 3. The summed E-state index contributed by atoms with van der Waals surface area (Å²) in [5.41, 5.74) is -1.91. The molecule has 3 aromatic heterocycles. The van der Waals surface area contributed by atoms with Gasteiger partial charge in [0.2, 0.25) is 0 Å². The highest BCUT2D eigenvalue weighted by Crippen LogP contribution is 2.42. The third-order valence-corrected chi connectivity index (χ3v) is 8.66. The highest BCUT2D eigenvalue weighted by molar-refractivity contribution is 9.10. The van der Waals surface area contributed by atoms with E-state index >= 15 is 0 Å². The lowest BCUT2D eigenvalue weighted by Gasteiger charge is -2.13. The highest BCUT2D eigenvalue weighted by atomic mass is 79.9. The maximum atomic E-state index is 13.1. The van der Waals surface area contributed by atoms with Crippen LogP contribution in [0.4, 0.5) is 18.9 Å². The number of sulfonamides is 1. The van der Waals surface area contributed by atoms with Gasteiger partial charge in [-0.05, 0) is 77.7 Å². The van der Waals surface area contributed by atoms with Crippen molar-refractivity contribution < 1.29 is 30.8 Å². The Kier molecular flexibility index (Phi) is 8.27. The van der Waals surface area contributed by atoms with Crippen molar-refractivity contribution in [3.63, 3.8) is 0 Å². The SMILES string of the molecule is CCCc1nc2c(C)cc(C(=O)NCC)nc2n1Cc1ccc2oc(-c3ccccc3NS(=O)(=O)C(F)(F)F)c(Br)c2c1. The molecule has 1 amide bonds. The number of hydrogen-bond acceptors (Lipinski definition) is 6. The summed E-state index contributed by atoms with van der Waals surface area (Å²) in [6.45, 7) is 6.62. The van der Waals surface area contributed by atoms with Gasteiger partial charge in [-0.25, -0.2) is 9.97 Å². The van der Waals surface area contributed by atoms with Crippen molar-refractivity contribution in [2.75, 3.05) is 11.3 Å². The normalized spacial score (nSPS) is 12.3. The molecule has 0 saturated heterocycles. The first-order valence-electron chi connectivity index (χ1n) is 13.4. The molecule has 5 rings (SSSR count). The lowest BCUT2D eigenvalue weighted by molar-refractivity contribution is -0.0429. The number of amides is 1. The van der Waals surface area contributed by atoms with E-state index in [1.807, 2.05) is 37.5 Å². The molecular weight excluding hydrogens is 651 g/mol. The molecular formula is C29H27BrF3N5O4S. The smallest absolute Gasteiger partial charge is 0.455 e. The van der Waals surface area contributed by atoms with Crippen molar-refractivity contribution in [3.05, 3.63) is 75.6 Å². The maximum absolute atomic E-state index is 13.1. The van der Waals surface area contributed by atoms with Crippen molar-refractivity contribution in [1.29, 1.82) is 0 Å². The summed E-state index contributed by atoms with van der Waals surface area (Å²) in [6.07, 6.45) is 1.54. The van der Waals surface area contributed by atoms with Gasteiger partial charge in [-0.1, -0.05) is 25.1 Å². The summed E-state index contributed by atoms with van der Waals surface area (Å²) in [5.74, 6) is 0.710. The number of aromatic nitrogens is 3. The molecule has 2 aromatic carbocycles. The number of benzene rings is 2. The number of carbonyl (C=O) groups is 1. The van der Waals surface area contributed by atoms with E-state index in [1.165, 1.54) is 18.2 Å². The summed E-state index contributed by atoms with van der Waals surface area (Å²) < 4.78 is 72.9. The average Bonchev–Trinajstić information content (AvgIpc) is 3.46. The number of fused-ring (bicyclic) bond motifs is 2. The van der Waals surface area contributed by atoms with Crippen molar-refractivity contribution in [2.45, 2.75) is 45.7 Å². The second-order valence-electron chi connectivity index (χ2n) is 9.89. The van der Waals surface area contributed by atoms with Gasteiger partial charge in [0.15, 0.2) is 11.4 Å². The summed E-state index contributed by atoms with van der Waals surface area (Å²) in [4.78, 5) is 22.1. The first-order valence-corrected chi connectivity index (χ1v) is 15.7. The molecule has 43 heavy (non-hydrogen) atoms. The summed E-state index contributed by atoms with van der Waals surface area (Å²) in [5, 5.41) is 3.41.